The maximum Gasteiger partial charge on any atom is 0.129 e. The second-order valence-electron chi connectivity index (χ2n) is 2.90. The SMILES string of the molecule is CNCc1ccc(F)c(C)c1OC. The zero-order valence-electron chi connectivity index (χ0n) is 8.15. The summed E-state index contributed by atoms with van der Waals surface area (Å²) in [6.07, 6.45) is 0. The summed E-state index contributed by atoms with van der Waals surface area (Å²) in [7, 11) is 3.40. The lowest BCUT2D eigenvalue weighted by molar-refractivity contribution is 0.401. The van der Waals surface area contributed by atoms with Crippen LogP contribution < -0.4 is 10.1 Å². The van der Waals surface area contributed by atoms with Crippen LogP contribution in [0.2, 0.25) is 0 Å². The number of benzene rings is 1. The van der Waals surface area contributed by atoms with Gasteiger partial charge in [-0.25, -0.2) is 4.39 Å². The van der Waals surface area contributed by atoms with Gasteiger partial charge in [-0.1, -0.05) is 6.07 Å². The Labute approximate surface area is 77.7 Å². The number of hydrogen-bond acceptors (Lipinski definition) is 2. The van der Waals surface area contributed by atoms with E-state index in [-0.39, 0.29) is 5.82 Å². The second-order valence-corrected chi connectivity index (χ2v) is 2.90. The van der Waals surface area contributed by atoms with Crippen LogP contribution in [0, 0.1) is 12.7 Å². The van der Waals surface area contributed by atoms with Crippen molar-refractivity contribution in [3.05, 3.63) is 29.1 Å². The van der Waals surface area contributed by atoms with E-state index in [1.54, 1.807) is 20.1 Å². The van der Waals surface area contributed by atoms with E-state index in [0.29, 0.717) is 17.9 Å². The molecule has 1 N–H and O–H groups in total. The van der Waals surface area contributed by atoms with Crippen molar-refractivity contribution in [1.82, 2.24) is 5.32 Å². The van der Waals surface area contributed by atoms with Crippen LogP contribution in [0.15, 0.2) is 12.1 Å². The standard InChI is InChI=1S/C10H14FNO/c1-7-9(11)5-4-8(6-12-2)10(7)13-3/h4-5,12H,6H2,1-3H3. The van der Waals surface area contributed by atoms with E-state index in [9.17, 15) is 4.39 Å². The van der Waals surface area contributed by atoms with Crippen molar-refractivity contribution in [3.8, 4) is 5.75 Å². The number of nitrogens with one attached hydrogen (secondary N) is 1. The van der Waals surface area contributed by atoms with Gasteiger partial charge in [-0.05, 0) is 20.0 Å². The van der Waals surface area contributed by atoms with Crippen LogP contribution in [0.1, 0.15) is 11.1 Å². The van der Waals surface area contributed by atoms with E-state index in [0.717, 1.165) is 5.56 Å². The Balaban J connectivity index is 3.13. The summed E-state index contributed by atoms with van der Waals surface area (Å²) >= 11 is 0. The van der Waals surface area contributed by atoms with Crippen LogP contribution >= 0.6 is 0 Å². The highest BCUT2D eigenvalue weighted by Gasteiger charge is 2.09. The zero-order chi connectivity index (χ0) is 9.84. The topological polar surface area (TPSA) is 21.3 Å². The van der Waals surface area contributed by atoms with Gasteiger partial charge in [0.05, 0.1) is 7.11 Å². The fraction of sp³-hybridized carbons (Fsp3) is 0.400. The highest BCUT2D eigenvalue weighted by molar-refractivity contribution is 5.41. The molecule has 1 aromatic rings. The molecule has 0 saturated carbocycles. The van der Waals surface area contributed by atoms with E-state index in [2.05, 4.69) is 5.32 Å². The first-order valence-corrected chi connectivity index (χ1v) is 4.17. The highest BCUT2D eigenvalue weighted by atomic mass is 19.1. The molecule has 1 rings (SSSR count). The first-order valence-electron chi connectivity index (χ1n) is 4.17. The zero-order valence-corrected chi connectivity index (χ0v) is 8.15. The van der Waals surface area contributed by atoms with E-state index in [4.69, 9.17) is 4.74 Å². The summed E-state index contributed by atoms with van der Waals surface area (Å²) in [5.74, 6) is 0.408. The van der Waals surface area contributed by atoms with Gasteiger partial charge in [0.25, 0.3) is 0 Å². The van der Waals surface area contributed by atoms with Gasteiger partial charge in [0, 0.05) is 17.7 Å². The Hall–Kier alpha value is -1.09. The molecule has 0 fully saturated rings. The van der Waals surface area contributed by atoms with E-state index in [1.165, 1.54) is 6.07 Å². The Morgan fingerprint density at radius 2 is 2.15 bits per heavy atom. The van der Waals surface area contributed by atoms with Crippen LogP contribution in [-0.2, 0) is 6.54 Å². The predicted octanol–water partition coefficient (Wildman–Crippen LogP) is 1.86. The van der Waals surface area contributed by atoms with Crippen molar-refractivity contribution in [2.45, 2.75) is 13.5 Å². The van der Waals surface area contributed by atoms with Crippen LogP contribution in [0.25, 0.3) is 0 Å². The molecular weight excluding hydrogens is 169 g/mol. The summed E-state index contributed by atoms with van der Waals surface area (Å²) in [5, 5.41) is 3.00. The number of halogens is 1. The van der Waals surface area contributed by atoms with Gasteiger partial charge >= 0.3 is 0 Å². The third-order valence-corrected chi connectivity index (χ3v) is 1.99. The van der Waals surface area contributed by atoms with Gasteiger partial charge in [0.2, 0.25) is 0 Å². The lowest BCUT2D eigenvalue weighted by Gasteiger charge is -2.11. The fourth-order valence-corrected chi connectivity index (χ4v) is 1.34. The molecule has 0 aliphatic carbocycles. The number of methoxy groups -OCH3 is 1. The molecule has 0 aromatic heterocycles. The smallest absolute Gasteiger partial charge is 0.129 e. The van der Waals surface area contributed by atoms with Gasteiger partial charge in [-0.2, -0.15) is 0 Å². The molecule has 13 heavy (non-hydrogen) atoms. The Kier molecular flexibility index (Phi) is 3.25. The van der Waals surface area contributed by atoms with Crippen LogP contribution in [-0.4, -0.2) is 14.2 Å². The van der Waals surface area contributed by atoms with Crippen LogP contribution in [0.4, 0.5) is 4.39 Å². The Morgan fingerprint density at radius 3 is 2.69 bits per heavy atom. The molecule has 0 heterocycles. The monoisotopic (exact) mass is 183 g/mol. The van der Waals surface area contributed by atoms with Gasteiger partial charge in [-0.15, -0.1) is 0 Å². The molecule has 0 saturated heterocycles. The molecule has 0 unspecified atom stereocenters. The van der Waals surface area contributed by atoms with Crippen molar-refractivity contribution in [3.63, 3.8) is 0 Å². The number of ether oxygens (including phenoxy) is 1. The largest absolute Gasteiger partial charge is 0.496 e. The summed E-state index contributed by atoms with van der Waals surface area (Å²) in [6.45, 7) is 2.40. The van der Waals surface area contributed by atoms with Crippen molar-refractivity contribution < 1.29 is 9.13 Å². The first kappa shape index (κ1) is 9.99. The third kappa shape index (κ3) is 1.98. The normalized spacial score (nSPS) is 10.2. The summed E-state index contributed by atoms with van der Waals surface area (Å²) in [6, 6.07) is 3.20. The second kappa shape index (κ2) is 4.23. The van der Waals surface area contributed by atoms with Crippen molar-refractivity contribution >= 4 is 0 Å². The van der Waals surface area contributed by atoms with Gasteiger partial charge in [0.15, 0.2) is 0 Å². The third-order valence-electron chi connectivity index (χ3n) is 1.99. The average Bonchev–Trinajstić information content (AvgIpc) is 2.12. The van der Waals surface area contributed by atoms with E-state index in [1.807, 2.05) is 7.05 Å². The minimum absolute atomic E-state index is 0.225. The Bertz CT molecular complexity index is 299. The molecule has 72 valence electrons. The molecule has 0 bridgehead atoms. The van der Waals surface area contributed by atoms with Crippen LogP contribution in [0.3, 0.4) is 0 Å². The average molecular weight is 183 g/mol. The molecule has 0 aliphatic heterocycles. The quantitative estimate of drug-likeness (QED) is 0.772. The summed E-state index contributed by atoms with van der Waals surface area (Å²) in [5.41, 5.74) is 1.54. The molecule has 0 amide bonds. The van der Waals surface area contributed by atoms with Crippen LogP contribution in [0.5, 0.6) is 5.75 Å². The van der Waals surface area contributed by atoms with Gasteiger partial charge < -0.3 is 10.1 Å². The molecule has 0 aliphatic rings. The van der Waals surface area contributed by atoms with Crippen molar-refractivity contribution in [1.29, 1.82) is 0 Å². The van der Waals surface area contributed by atoms with E-state index >= 15 is 0 Å². The maximum atomic E-state index is 13.1. The number of hydrogen-bond donors (Lipinski definition) is 1. The fourth-order valence-electron chi connectivity index (χ4n) is 1.34. The van der Waals surface area contributed by atoms with Crippen molar-refractivity contribution in [2.75, 3.05) is 14.2 Å². The molecule has 3 heteroatoms. The van der Waals surface area contributed by atoms with Gasteiger partial charge in [-0.3, -0.25) is 0 Å². The summed E-state index contributed by atoms with van der Waals surface area (Å²) in [4.78, 5) is 0. The summed E-state index contributed by atoms with van der Waals surface area (Å²) < 4.78 is 18.2. The first-order chi connectivity index (χ1) is 6.20. The molecule has 0 atom stereocenters. The Morgan fingerprint density at radius 1 is 1.46 bits per heavy atom. The highest BCUT2D eigenvalue weighted by Crippen LogP contribution is 2.25. The predicted molar refractivity (Wildman–Crippen MR) is 50.5 cm³/mol. The van der Waals surface area contributed by atoms with E-state index < -0.39 is 0 Å². The lowest BCUT2D eigenvalue weighted by Crippen LogP contribution is -2.07. The maximum absolute atomic E-state index is 13.1. The minimum atomic E-state index is -0.225. The van der Waals surface area contributed by atoms with Crippen molar-refractivity contribution in [2.24, 2.45) is 0 Å². The molecular formula is C10H14FNO. The molecule has 0 radical (unpaired) electrons. The number of rotatable bonds is 3. The minimum Gasteiger partial charge on any atom is -0.496 e. The molecule has 1 aromatic carbocycles. The molecule has 2 nitrogen and oxygen atoms in total. The van der Waals surface area contributed by atoms with Gasteiger partial charge in [0.1, 0.15) is 11.6 Å². The lowest BCUT2D eigenvalue weighted by atomic mass is 10.1. The molecule has 0 spiro atoms.